The molecule has 10 heteroatoms. The van der Waals surface area contributed by atoms with Crippen molar-refractivity contribution in [3.8, 4) is 17.6 Å². The molecule has 0 bridgehead atoms. The number of anilines is 2. The second-order valence-electron chi connectivity index (χ2n) is 10.8. The van der Waals surface area contributed by atoms with E-state index in [0.29, 0.717) is 33.0 Å². The van der Waals surface area contributed by atoms with Crippen molar-refractivity contribution in [2.45, 2.75) is 51.4 Å². The first-order valence-corrected chi connectivity index (χ1v) is 16.9. The Balaban J connectivity index is 1.57. The van der Waals surface area contributed by atoms with Gasteiger partial charge in [-0.05, 0) is 75.2 Å². The van der Waals surface area contributed by atoms with E-state index in [4.69, 9.17) is 4.74 Å². The van der Waals surface area contributed by atoms with E-state index >= 15 is 0 Å². The Kier molecular flexibility index (Phi) is 9.44. The van der Waals surface area contributed by atoms with E-state index in [0.717, 1.165) is 36.3 Å². The molecule has 0 amide bonds. The molecular weight excluding hydrogens is 554 g/mol. The minimum absolute atomic E-state index is 0.213. The number of nitrogens with zero attached hydrogens (tertiary/aromatic N) is 1. The third kappa shape index (κ3) is 7.54. The van der Waals surface area contributed by atoms with Crippen molar-refractivity contribution in [2.75, 3.05) is 50.7 Å². The third-order valence-corrected chi connectivity index (χ3v) is 9.91. The lowest BCUT2D eigenvalue weighted by atomic mass is 10.0. The highest BCUT2D eigenvalue weighted by Crippen LogP contribution is 2.40. The Morgan fingerprint density at radius 1 is 1.15 bits per heavy atom. The molecule has 40 heavy (non-hydrogen) atoms. The van der Waals surface area contributed by atoms with E-state index in [2.05, 4.69) is 41.2 Å². The zero-order valence-electron chi connectivity index (χ0n) is 23.6. The highest BCUT2D eigenvalue weighted by molar-refractivity contribution is 7.70. The SMILES string of the molecule is COc1cc(P(C)(C)=O)ccc1NCC#Cc1sc2c(NC3CCN(C(C)C)CC3)cccc2c1CC(F)(F)F. The van der Waals surface area contributed by atoms with Crippen molar-refractivity contribution in [3.63, 3.8) is 0 Å². The van der Waals surface area contributed by atoms with Gasteiger partial charge < -0.3 is 24.8 Å². The number of hydrogen-bond acceptors (Lipinski definition) is 6. The number of benzene rings is 2. The topological polar surface area (TPSA) is 53.6 Å². The molecule has 2 N–H and O–H groups in total. The van der Waals surface area contributed by atoms with Crippen molar-refractivity contribution in [1.29, 1.82) is 0 Å². The van der Waals surface area contributed by atoms with Gasteiger partial charge in [-0.25, -0.2) is 0 Å². The van der Waals surface area contributed by atoms with Crippen LogP contribution < -0.4 is 20.7 Å². The second-order valence-corrected chi connectivity index (χ2v) is 15.1. The zero-order valence-corrected chi connectivity index (χ0v) is 25.3. The smallest absolute Gasteiger partial charge is 0.393 e. The first-order chi connectivity index (χ1) is 18.9. The molecule has 5 nitrogen and oxygen atoms in total. The van der Waals surface area contributed by atoms with Crippen molar-refractivity contribution in [3.05, 3.63) is 46.8 Å². The molecule has 1 fully saturated rings. The number of fused-ring (bicyclic) bond motifs is 1. The highest BCUT2D eigenvalue weighted by Gasteiger charge is 2.31. The molecule has 0 unspecified atom stereocenters. The summed E-state index contributed by atoms with van der Waals surface area (Å²) in [6, 6.07) is 11.6. The molecule has 1 saturated heterocycles. The molecule has 0 spiro atoms. The quantitative estimate of drug-likeness (QED) is 0.218. The molecule has 216 valence electrons. The van der Waals surface area contributed by atoms with E-state index in [1.54, 1.807) is 37.6 Å². The van der Waals surface area contributed by atoms with Crippen LogP contribution in [-0.2, 0) is 11.0 Å². The van der Waals surface area contributed by atoms with Gasteiger partial charge in [-0.15, -0.1) is 11.3 Å². The summed E-state index contributed by atoms with van der Waals surface area (Å²) in [4.78, 5) is 2.88. The first kappa shape index (κ1) is 30.3. The molecule has 2 heterocycles. The number of ether oxygens (including phenoxy) is 1. The number of alkyl halides is 3. The maximum Gasteiger partial charge on any atom is 0.393 e. The molecule has 0 aliphatic carbocycles. The number of likely N-dealkylation sites (tertiary alicyclic amines) is 1. The molecule has 2 aromatic carbocycles. The number of rotatable bonds is 8. The Morgan fingerprint density at radius 2 is 1.88 bits per heavy atom. The summed E-state index contributed by atoms with van der Waals surface area (Å²) in [7, 11) is -0.910. The van der Waals surface area contributed by atoms with Crippen LogP contribution in [0, 0.1) is 11.8 Å². The van der Waals surface area contributed by atoms with Gasteiger partial charge in [0.15, 0.2) is 0 Å². The molecule has 1 aliphatic heterocycles. The third-order valence-electron chi connectivity index (χ3n) is 7.19. The Bertz CT molecular complexity index is 1440. The second kappa shape index (κ2) is 12.5. The summed E-state index contributed by atoms with van der Waals surface area (Å²) in [5.74, 6) is 6.54. The molecule has 1 aromatic heterocycles. The van der Waals surface area contributed by atoms with Crippen molar-refractivity contribution in [1.82, 2.24) is 4.90 Å². The molecule has 0 radical (unpaired) electrons. The number of halogens is 3. The lowest BCUT2D eigenvalue weighted by Crippen LogP contribution is -2.42. The number of piperidine rings is 1. The van der Waals surface area contributed by atoms with Crippen LogP contribution in [0.3, 0.4) is 0 Å². The van der Waals surface area contributed by atoms with Crippen LogP contribution in [0.2, 0.25) is 0 Å². The first-order valence-electron chi connectivity index (χ1n) is 13.4. The number of thiophene rings is 1. The van der Waals surface area contributed by atoms with Crippen molar-refractivity contribution in [2.24, 2.45) is 0 Å². The van der Waals surface area contributed by atoms with Gasteiger partial charge in [0.1, 0.15) is 12.9 Å². The van der Waals surface area contributed by atoms with Crippen LogP contribution >= 0.6 is 18.5 Å². The predicted octanol–water partition coefficient (Wildman–Crippen LogP) is 7.01. The van der Waals surface area contributed by atoms with Crippen molar-refractivity contribution >= 4 is 45.2 Å². The van der Waals surface area contributed by atoms with Gasteiger partial charge in [0.2, 0.25) is 0 Å². The average molecular weight is 592 g/mol. The van der Waals surface area contributed by atoms with Crippen LogP contribution in [0.5, 0.6) is 5.75 Å². The lowest BCUT2D eigenvalue weighted by molar-refractivity contribution is -0.126. The van der Waals surface area contributed by atoms with E-state index in [9.17, 15) is 17.7 Å². The van der Waals surface area contributed by atoms with E-state index in [-0.39, 0.29) is 18.2 Å². The standard InChI is InChI=1S/C30H37F3N3O2PS/c1-20(2)36-16-13-21(14-17-36)35-26-9-6-8-23-24(19-30(31,32)33)28(40-29(23)26)10-7-15-34-25-12-11-22(39(4,5)37)18-27(25)38-3/h6,8-9,11-12,18,20-21,34-35H,13-17,19H2,1-5H3. The maximum absolute atomic E-state index is 13.6. The fourth-order valence-electron chi connectivity index (χ4n) is 4.97. The van der Waals surface area contributed by atoms with Crippen LogP contribution in [0.25, 0.3) is 10.1 Å². The van der Waals surface area contributed by atoms with Gasteiger partial charge in [-0.1, -0.05) is 24.0 Å². The Labute approximate surface area is 238 Å². The number of methoxy groups -OCH3 is 1. The molecule has 0 atom stereocenters. The summed E-state index contributed by atoms with van der Waals surface area (Å²) in [6.45, 7) is 10.0. The number of hydrogen-bond donors (Lipinski definition) is 2. The summed E-state index contributed by atoms with van der Waals surface area (Å²) in [5.41, 5.74) is 1.77. The maximum atomic E-state index is 13.6. The molecular formula is C30H37F3N3O2PS. The van der Waals surface area contributed by atoms with Crippen LogP contribution in [0.15, 0.2) is 36.4 Å². The molecule has 3 aromatic rings. The molecule has 0 saturated carbocycles. The fourth-order valence-corrected chi connectivity index (χ4v) is 7.00. The Hall–Kier alpha value is -2.66. The minimum atomic E-state index is -4.34. The summed E-state index contributed by atoms with van der Waals surface area (Å²) in [5, 5.41) is 8.09. The lowest BCUT2D eigenvalue weighted by Gasteiger charge is -2.35. The van der Waals surface area contributed by atoms with Gasteiger partial charge >= 0.3 is 6.18 Å². The van der Waals surface area contributed by atoms with E-state index in [1.165, 1.54) is 18.4 Å². The molecule has 1 aliphatic rings. The average Bonchev–Trinajstić information content (AvgIpc) is 3.23. The summed E-state index contributed by atoms with van der Waals surface area (Å²) < 4.78 is 59.5. The Morgan fingerprint density at radius 3 is 2.50 bits per heavy atom. The largest absolute Gasteiger partial charge is 0.495 e. The van der Waals surface area contributed by atoms with Gasteiger partial charge in [0.05, 0.1) is 41.0 Å². The van der Waals surface area contributed by atoms with Crippen LogP contribution in [0.4, 0.5) is 24.5 Å². The van der Waals surface area contributed by atoms with E-state index < -0.39 is 19.7 Å². The summed E-state index contributed by atoms with van der Waals surface area (Å²) >= 11 is 1.31. The minimum Gasteiger partial charge on any atom is -0.495 e. The van der Waals surface area contributed by atoms with Crippen molar-refractivity contribution < 1.29 is 22.5 Å². The van der Waals surface area contributed by atoms with Gasteiger partial charge in [-0.2, -0.15) is 13.2 Å². The monoisotopic (exact) mass is 591 g/mol. The van der Waals surface area contributed by atoms with E-state index in [1.807, 2.05) is 12.1 Å². The summed E-state index contributed by atoms with van der Waals surface area (Å²) in [6.07, 6.45) is -3.38. The van der Waals surface area contributed by atoms with Gasteiger partial charge in [-0.3, -0.25) is 0 Å². The molecule has 4 rings (SSSR count). The highest BCUT2D eigenvalue weighted by atomic mass is 32.1. The zero-order chi connectivity index (χ0) is 29.1. The number of nitrogens with one attached hydrogen (secondary N) is 2. The van der Waals surface area contributed by atoms with Crippen LogP contribution in [-0.4, -0.2) is 63.2 Å². The van der Waals surface area contributed by atoms with Crippen LogP contribution in [0.1, 0.15) is 37.1 Å². The van der Waals surface area contributed by atoms with Gasteiger partial charge in [0.25, 0.3) is 0 Å². The fraction of sp³-hybridized carbons (Fsp3) is 0.467. The van der Waals surface area contributed by atoms with Gasteiger partial charge in [0, 0.05) is 30.5 Å². The normalized spacial score (nSPS) is 15.2. The predicted molar refractivity (Wildman–Crippen MR) is 162 cm³/mol.